The van der Waals surface area contributed by atoms with E-state index in [-0.39, 0.29) is 22.6 Å². The van der Waals surface area contributed by atoms with E-state index in [1.807, 2.05) is 6.92 Å². The number of furan rings is 1. The Kier molecular flexibility index (Phi) is 4.80. The summed E-state index contributed by atoms with van der Waals surface area (Å²) in [6.45, 7) is 1.81. The molecule has 1 aliphatic carbocycles. The number of hydrogen-bond donors (Lipinski definition) is 3. The molecule has 8 heteroatoms. The first-order chi connectivity index (χ1) is 12.0. The van der Waals surface area contributed by atoms with Gasteiger partial charge in [-0.05, 0) is 56.2 Å². The van der Waals surface area contributed by atoms with Crippen molar-refractivity contribution in [2.45, 2.75) is 26.2 Å². The number of halogens is 1. The third-order valence-corrected chi connectivity index (χ3v) is 4.03. The van der Waals surface area contributed by atoms with Crippen LogP contribution in [0.2, 0.25) is 0 Å². The standard InChI is InChI=1S/C17H17FN4O2S/c1-9-14-12(21-22-17(19)25)3-2-4-13(14)24-15(9)16(23)20-11-7-5-10(18)6-8-11/h5-8H,2-4H2,1H3,(H,20,23)(H3,19,22,25)/b21-12+. The maximum Gasteiger partial charge on any atom is 0.291 e. The summed E-state index contributed by atoms with van der Waals surface area (Å²) in [5.41, 5.74) is 10.8. The van der Waals surface area contributed by atoms with Gasteiger partial charge in [0.1, 0.15) is 11.6 Å². The minimum atomic E-state index is -0.389. The molecule has 0 saturated carbocycles. The first-order valence-corrected chi connectivity index (χ1v) is 8.18. The monoisotopic (exact) mass is 360 g/mol. The van der Waals surface area contributed by atoms with E-state index in [2.05, 4.69) is 15.8 Å². The minimum absolute atomic E-state index is 0.0787. The largest absolute Gasteiger partial charge is 0.455 e. The Morgan fingerprint density at radius 3 is 2.72 bits per heavy atom. The van der Waals surface area contributed by atoms with Gasteiger partial charge < -0.3 is 15.5 Å². The molecular weight excluding hydrogens is 343 g/mol. The summed E-state index contributed by atoms with van der Waals surface area (Å²) in [5, 5.41) is 7.00. The van der Waals surface area contributed by atoms with Crippen molar-refractivity contribution in [1.82, 2.24) is 5.43 Å². The predicted molar refractivity (Wildman–Crippen MR) is 97.2 cm³/mol. The van der Waals surface area contributed by atoms with Crippen LogP contribution in [0.25, 0.3) is 0 Å². The zero-order valence-electron chi connectivity index (χ0n) is 13.6. The van der Waals surface area contributed by atoms with Gasteiger partial charge in [-0.3, -0.25) is 10.2 Å². The molecule has 0 saturated heterocycles. The number of carbonyl (C=O) groups is 1. The third kappa shape index (κ3) is 3.69. The van der Waals surface area contributed by atoms with Gasteiger partial charge in [0.25, 0.3) is 5.91 Å². The molecule has 6 nitrogen and oxygen atoms in total. The maximum atomic E-state index is 13.0. The summed E-state index contributed by atoms with van der Waals surface area (Å²) in [6, 6.07) is 5.54. The summed E-state index contributed by atoms with van der Waals surface area (Å²) < 4.78 is 18.7. The lowest BCUT2D eigenvalue weighted by molar-refractivity contribution is 0.0994. The number of nitrogens with two attached hydrogens (primary N) is 1. The van der Waals surface area contributed by atoms with Crippen LogP contribution in [0.15, 0.2) is 33.8 Å². The van der Waals surface area contributed by atoms with Crippen LogP contribution in [0.1, 0.15) is 40.3 Å². The molecule has 0 fully saturated rings. The van der Waals surface area contributed by atoms with E-state index >= 15 is 0 Å². The van der Waals surface area contributed by atoms with Crippen molar-refractivity contribution in [3.05, 3.63) is 52.7 Å². The molecule has 130 valence electrons. The summed E-state index contributed by atoms with van der Waals surface area (Å²) in [7, 11) is 0. The third-order valence-electron chi connectivity index (χ3n) is 3.94. The number of amides is 1. The Hall–Kier alpha value is -2.74. The van der Waals surface area contributed by atoms with Gasteiger partial charge in [0.2, 0.25) is 0 Å². The quantitative estimate of drug-likeness (QED) is 0.578. The number of anilines is 1. The van der Waals surface area contributed by atoms with Gasteiger partial charge >= 0.3 is 0 Å². The molecule has 0 bridgehead atoms. The second-order valence-corrected chi connectivity index (χ2v) is 6.14. The molecule has 0 atom stereocenters. The molecule has 2 aromatic rings. The molecule has 0 radical (unpaired) electrons. The fraction of sp³-hybridized carbons (Fsp3) is 0.235. The SMILES string of the molecule is Cc1c(C(=O)Nc2ccc(F)cc2)oc2c1/C(=N/NC(N)=S)CCC2. The van der Waals surface area contributed by atoms with Crippen LogP contribution in [0.5, 0.6) is 0 Å². The number of fused-ring (bicyclic) bond motifs is 1. The molecule has 0 spiro atoms. The number of thiocarbonyl (C=S) groups is 1. The molecule has 4 N–H and O–H groups in total. The Labute approximate surface area is 149 Å². The predicted octanol–water partition coefficient (Wildman–Crippen LogP) is 2.85. The number of carbonyl (C=O) groups excluding carboxylic acids is 1. The smallest absolute Gasteiger partial charge is 0.291 e. The fourth-order valence-corrected chi connectivity index (χ4v) is 2.89. The lowest BCUT2D eigenvalue weighted by Crippen LogP contribution is -2.26. The van der Waals surface area contributed by atoms with Crippen molar-refractivity contribution in [3.63, 3.8) is 0 Å². The highest BCUT2D eigenvalue weighted by Crippen LogP contribution is 2.30. The van der Waals surface area contributed by atoms with Gasteiger partial charge in [0.15, 0.2) is 10.9 Å². The van der Waals surface area contributed by atoms with Gasteiger partial charge in [-0.15, -0.1) is 0 Å². The molecule has 0 aliphatic heterocycles. The van der Waals surface area contributed by atoms with Crippen LogP contribution in [-0.4, -0.2) is 16.7 Å². The van der Waals surface area contributed by atoms with E-state index in [0.29, 0.717) is 11.3 Å². The van der Waals surface area contributed by atoms with Gasteiger partial charge in [0, 0.05) is 23.2 Å². The molecule has 1 heterocycles. The molecule has 1 aromatic carbocycles. The van der Waals surface area contributed by atoms with E-state index in [4.69, 9.17) is 22.4 Å². The highest BCUT2D eigenvalue weighted by atomic mass is 32.1. The fourth-order valence-electron chi connectivity index (χ4n) is 2.84. The number of hydrazone groups is 1. The highest BCUT2D eigenvalue weighted by Gasteiger charge is 2.28. The number of rotatable bonds is 3. The second kappa shape index (κ2) is 7.02. The van der Waals surface area contributed by atoms with Crippen LogP contribution in [0, 0.1) is 12.7 Å². The number of nitrogens with one attached hydrogen (secondary N) is 2. The molecule has 25 heavy (non-hydrogen) atoms. The Morgan fingerprint density at radius 1 is 1.32 bits per heavy atom. The van der Waals surface area contributed by atoms with Gasteiger partial charge in [0.05, 0.1) is 5.71 Å². The van der Waals surface area contributed by atoms with E-state index < -0.39 is 0 Å². The van der Waals surface area contributed by atoms with Crippen LogP contribution in [0.4, 0.5) is 10.1 Å². The van der Waals surface area contributed by atoms with Crippen molar-refractivity contribution >= 4 is 34.6 Å². The Bertz CT molecular complexity index is 858. The average molecular weight is 360 g/mol. The number of aryl methyl sites for hydroxylation is 1. The Balaban J connectivity index is 1.88. The first-order valence-electron chi connectivity index (χ1n) is 7.77. The van der Waals surface area contributed by atoms with Crippen LogP contribution < -0.4 is 16.5 Å². The van der Waals surface area contributed by atoms with Gasteiger partial charge in [-0.25, -0.2) is 4.39 Å². The molecule has 1 amide bonds. The maximum absolute atomic E-state index is 13.0. The molecule has 0 unspecified atom stereocenters. The van der Waals surface area contributed by atoms with Crippen LogP contribution >= 0.6 is 12.2 Å². The lowest BCUT2D eigenvalue weighted by Gasteiger charge is -2.13. The minimum Gasteiger partial charge on any atom is -0.455 e. The van der Waals surface area contributed by atoms with Gasteiger partial charge in [-0.2, -0.15) is 5.10 Å². The Morgan fingerprint density at radius 2 is 2.04 bits per heavy atom. The zero-order chi connectivity index (χ0) is 18.0. The van der Waals surface area contributed by atoms with E-state index in [1.165, 1.54) is 24.3 Å². The summed E-state index contributed by atoms with van der Waals surface area (Å²) in [5.74, 6) is 0.185. The molecule has 1 aliphatic rings. The summed E-state index contributed by atoms with van der Waals surface area (Å²) >= 11 is 4.77. The second-order valence-electron chi connectivity index (χ2n) is 5.70. The molecular formula is C17H17FN4O2S. The van der Waals surface area contributed by atoms with Crippen molar-refractivity contribution < 1.29 is 13.6 Å². The summed E-state index contributed by atoms with van der Waals surface area (Å²) in [4.78, 5) is 12.5. The number of hydrogen-bond acceptors (Lipinski definition) is 4. The van der Waals surface area contributed by atoms with Crippen molar-refractivity contribution in [3.8, 4) is 0 Å². The summed E-state index contributed by atoms with van der Waals surface area (Å²) in [6.07, 6.45) is 2.32. The first kappa shape index (κ1) is 17.1. The van der Waals surface area contributed by atoms with Crippen molar-refractivity contribution in [1.29, 1.82) is 0 Å². The van der Waals surface area contributed by atoms with E-state index in [0.717, 1.165) is 36.3 Å². The number of benzene rings is 1. The van der Waals surface area contributed by atoms with Crippen molar-refractivity contribution in [2.24, 2.45) is 10.8 Å². The molecule has 3 rings (SSSR count). The topological polar surface area (TPSA) is 92.6 Å². The lowest BCUT2D eigenvalue weighted by atomic mass is 9.93. The van der Waals surface area contributed by atoms with Crippen LogP contribution in [-0.2, 0) is 6.42 Å². The van der Waals surface area contributed by atoms with E-state index in [9.17, 15) is 9.18 Å². The highest BCUT2D eigenvalue weighted by molar-refractivity contribution is 7.80. The molecule has 1 aromatic heterocycles. The zero-order valence-corrected chi connectivity index (χ0v) is 14.4. The van der Waals surface area contributed by atoms with Crippen molar-refractivity contribution in [2.75, 3.05) is 5.32 Å². The average Bonchev–Trinajstić information content (AvgIpc) is 2.93. The van der Waals surface area contributed by atoms with E-state index in [1.54, 1.807) is 0 Å². The van der Waals surface area contributed by atoms with Gasteiger partial charge in [-0.1, -0.05) is 0 Å². The number of nitrogens with zero attached hydrogens (tertiary/aromatic N) is 1. The van der Waals surface area contributed by atoms with Crippen LogP contribution in [0.3, 0.4) is 0 Å². The normalized spacial score (nSPS) is 14.9.